The van der Waals surface area contributed by atoms with Crippen LogP contribution in [0.5, 0.6) is 5.75 Å². The van der Waals surface area contributed by atoms with E-state index in [1.807, 2.05) is 13.8 Å². The number of benzene rings is 2. The Bertz CT molecular complexity index is 1080. The Morgan fingerprint density at radius 3 is 2.52 bits per heavy atom. The van der Waals surface area contributed by atoms with Crippen molar-refractivity contribution in [1.82, 2.24) is 20.8 Å². The van der Waals surface area contributed by atoms with Crippen molar-refractivity contribution >= 4 is 23.4 Å². The number of aryl methyl sites for hydroxylation is 2. The number of nitrogens with one attached hydrogen (secondary N) is 2. The maximum absolute atomic E-state index is 13.8. The van der Waals surface area contributed by atoms with Gasteiger partial charge in [-0.05, 0) is 49.2 Å². The topological polar surface area (TPSA) is 106 Å². The second-order valence-corrected chi connectivity index (χ2v) is 7.05. The number of carbonyl (C=O) groups is 2. The molecule has 0 aliphatic rings. The highest BCUT2D eigenvalue weighted by Gasteiger charge is 2.17. The monoisotopic (exact) mass is 446 g/mol. The maximum atomic E-state index is 13.8. The molecule has 0 saturated carbocycles. The maximum Gasteiger partial charge on any atom is 0.316 e. The minimum Gasteiger partial charge on any atom is -0.484 e. The third kappa shape index (κ3) is 5.79. The Balaban J connectivity index is 1.41. The highest BCUT2D eigenvalue weighted by Crippen LogP contribution is 2.25. The molecule has 0 radical (unpaired) electrons. The second-order valence-electron chi connectivity index (χ2n) is 6.67. The van der Waals surface area contributed by atoms with E-state index in [9.17, 15) is 14.0 Å². The first-order chi connectivity index (χ1) is 14.8. The zero-order valence-electron chi connectivity index (χ0n) is 16.9. The lowest BCUT2D eigenvalue weighted by molar-refractivity contribution is -0.123. The third-order valence-electron chi connectivity index (χ3n) is 4.25. The molecule has 31 heavy (non-hydrogen) atoms. The van der Waals surface area contributed by atoms with E-state index in [2.05, 4.69) is 20.8 Å². The summed E-state index contributed by atoms with van der Waals surface area (Å²) < 4.78 is 24.1. The summed E-state index contributed by atoms with van der Waals surface area (Å²) in [6.07, 6.45) is 0. The van der Waals surface area contributed by atoms with Gasteiger partial charge in [-0.25, -0.2) is 4.39 Å². The van der Waals surface area contributed by atoms with E-state index in [0.717, 1.165) is 11.1 Å². The van der Waals surface area contributed by atoms with E-state index >= 15 is 0 Å². The molecule has 0 aliphatic carbocycles. The standard InChI is InChI=1S/C21H20ClFN4O4/c1-12-9-14(10-13(2)18(12)22)30-11-17(28)24-7-8-25-20(29)21-26-19(27-31-21)15-5-3-4-6-16(15)23/h3-6,9-10H,7-8,11H2,1-2H3,(H,24,28)(H,25,29). The summed E-state index contributed by atoms with van der Waals surface area (Å²) >= 11 is 6.11. The fourth-order valence-corrected chi connectivity index (χ4v) is 2.82. The van der Waals surface area contributed by atoms with E-state index in [1.165, 1.54) is 18.2 Å². The summed E-state index contributed by atoms with van der Waals surface area (Å²) in [6, 6.07) is 9.39. The van der Waals surface area contributed by atoms with E-state index in [0.29, 0.717) is 10.8 Å². The van der Waals surface area contributed by atoms with Gasteiger partial charge < -0.3 is 19.9 Å². The predicted molar refractivity (Wildman–Crippen MR) is 111 cm³/mol. The molecule has 0 unspecified atom stereocenters. The molecule has 0 aliphatic heterocycles. The van der Waals surface area contributed by atoms with Crippen LogP contribution in [-0.4, -0.2) is 41.7 Å². The van der Waals surface area contributed by atoms with Crippen molar-refractivity contribution in [2.75, 3.05) is 19.7 Å². The van der Waals surface area contributed by atoms with Gasteiger partial charge in [0.2, 0.25) is 5.82 Å². The third-order valence-corrected chi connectivity index (χ3v) is 4.84. The molecule has 3 rings (SSSR count). The van der Waals surface area contributed by atoms with Crippen molar-refractivity contribution < 1.29 is 23.2 Å². The van der Waals surface area contributed by atoms with Crippen LogP contribution < -0.4 is 15.4 Å². The Labute approximate surface area is 182 Å². The van der Waals surface area contributed by atoms with Gasteiger partial charge in [0.25, 0.3) is 5.91 Å². The minimum absolute atomic E-state index is 0.0265. The number of hydrogen-bond donors (Lipinski definition) is 2. The van der Waals surface area contributed by atoms with Crippen LogP contribution in [-0.2, 0) is 4.79 Å². The van der Waals surface area contributed by atoms with Gasteiger partial charge in [-0.1, -0.05) is 28.9 Å². The number of ether oxygens (including phenoxy) is 1. The summed E-state index contributed by atoms with van der Waals surface area (Å²) in [7, 11) is 0. The van der Waals surface area contributed by atoms with Gasteiger partial charge in [0, 0.05) is 18.1 Å². The Hall–Kier alpha value is -3.46. The number of carbonyl (C=O) groups excluding carboxylic acids is 2. The molecule has 0 atom stereocenters. The molecule has 0 fully saturated rings. The Kier molecular flexibility index (Phi) is 7.19. The highest BCUT2D eigenvalue weighted by atomic mass is 35.5. The first-order valence-corrected chi connectivity index (χ1v) is 9.76. The molecule has 0 bridgehead atoms. The second kappa shape index (κ2) is 10.0. The molecule has 8 nitrogen and oxygen atoms in total. The van der Waals surface area contributed by atoms with E-state index in [-0.39, 0.29) is 42.9 Å². The zero-order chi connectivity index (χ0) is 22.4. The van der Waals surface area contributed by atoms with Gasteiger partial charge in [0.05, 0.1) is 5.56 Å². The summed E-state index contributed by atoms with van der Waals surface area (Å²) in [5.41, 5.74) is 1.85. The minimum atomic E-state index is -0.632. The number of rotatable bonds is 8. The van der Waals surface area contributed by atoms with E-state index in [1.54, 1.807) is 18.2 Å². The van der Waals surface area contributed by atoms with Gasteiger partial charge in [0.1, 0.15) is 11.6 Å². The highest BCUT2D eigenvalue weighted by molar-refractivity contribution is 6.32. The number of nitrogens with zero attached hydrogens (tertiary/aromatic N) is 2. The predicted octanol–water partition coefficient (Wildman–Crippen LogP) is 3.07. The SMILES string of the molecule is Cc1cc(OCC(=O)NCCNC(=O)c2nc(-c3ccccc3F)no2)cc(C)c1Cl. The molecule has 2 N–H and O–H groups in total. The molecule has 0 spiro atoms. The zero-order valence-corrected chi connectivity index (χ0v) is 17.6. The molecule has 1 aromatic heterocycles. The first kappa shape index (κ1) is 22.2. The van der Waals surface area contributed by atoms with Crippen LogP contribution in [0.15, 0.2) is 40.9 Å². The molecule has 162 valence electrons. The molecular formula is C21H20ClFN4O4. The summed E-state index contributed by atoms with van der Waals surface area (Å²) in [5, 5.41) is 9.42. The van der Waals surface area contributed by atoms with Crippen LogP contribution in [0.4, 0.5) is 4.39 Å². The lowest BCUT2D eigenvalue weighted by Gasteiger charge is -2.10. The summed E-state index contributed by atoms with van der Waals surface area (Å²) in [5.74, 6) is -1.29. The Morgan fingerprint density at radius 2 is 1.81 bits per heavy atom. The van der Waals surface area contributed by atoms with Crippen molar-refractivity contribution in [3.63, 3.8) is 0 Å². The van der Waals surface area contributed by atoms with Crippen molar-refractivity contribution in [1.29, 1.82) is 0 Å². The van der Waals surface area contributed by atoms with E-state index in [4.69, 9.17) is 20.9 Å². The average molecular weight is 447 g/mol. The van der Waals surface area contributed by atoms with Gasteiger partial charge in [0.15, 0.2) is 6.61 Å². The van der Waals surface area contributed by atoms with Crippen molar-refractivity contribution in [3.8, 4) is 17.1 Å². The van der Waals surface area contributed by atoms with Crippen molar-refractivity contribution in [3.05, 3.63) is 64.3 Å². The molecule has 2 aromatic carbocycles. The Morgan fingerprint density at radius 1 is 1.13 bits per heavy atom. The van der Waals surface area contributed by atoms with Crippen molar-refractivity contribution in [2.24, 2.45) is 0 Å². The molecule has 3 aromatic rings. The lowest BCUT2D eigenvalue weighted by atomic mass is 10.1. The molecule has 1 heterocycles. The fourth-order valence-electron chi connectivity index (χ4n) is 2.71. The fraction of sp³-hybridized carbons (Fsp3) is 0.238. The van der Waals surface area contributed by atoms with Crippen LogP contribution in [0.3, 0.4) is 0 Å². The van der Waals surface area contributed by atoms with Crippen molar-refractivity contribution in [2.45, 2.75) is 13.8 Å². The number of hydrogen-bond acceptors (Lipinski definition) is 6. The van der Waals surface area contributed by atoms with Gasteiger partial charge in [-0.2, -0.15) is 4.98 Å². The molecule has 10 heteroatoms. The first-order valence-electron chi connectivity index (χ1n) is 9.38. The van der Waals surface area contributed by atoms with Gasteiger partial charge >= 0.3 is 11.8 Å². The number of halogens is 2. The van der Waals surface area contributed by atoms with E-state index < -0.39 is 11.7 Å². The normalized spacial score (nSPS) is 10.6. The van der Waals surface area contributed by atoms with Gasteiger partial charge in [-0.3, -0.25) is 9.59 Å². The summed E-state index contributed by atoms with van der Waals surface area (Å²) in [6.45, 7) is 3.83. The average Bonchev–Trinajstić information content (AvgIpc) is 3.23. The smallest absolute Gasteiger partial charge is 0.316 e. The lowest BCUT2D eigenvalue weighted by Crippen LogP contribution is -2.36. The number of amides is 2. The van der Waals surface area contributed by atoms with Crippen LogP contribution in [0.1, 0.15) is 21.8 Å². The molecule has 2 amide bonds. The van der Waals surface area contributed by atoms with Gasteiger partial charge in [-0.15, -0.1) is 0 Å². The van der Waals surface area contributed by atoms with Crippen LogP contribution >= 0.6 is 11.6 Å². The van der Waals surface area contributed by atoms with Crippen LogP contribution in [0.2, 0.25) is 5.02 Å². The van der Waals surface area contributed by atoms with Crippen LogP contribution in [0, 0.1) is 19.7 Å². The largest absolute Gasteiger partial charge is 0.484 e. The van der Waals surface area contributed by atoms with Crippen LogP contribution in [0.25, 0.3) is 11.4 Å². The quantitative estimate of drug-likeness (QED) is 0.515. The number of aromatic nitrogens is 2. The summed E-state index contributed by atoms with van der Waals surface area (Å²) in [4.78, 5) is 27.9. The molecular weight excluding hydrogens is 427 g/mol. The molecule has 0 saturated heterocycles.